The van der Waals surface area contributed by atoms with Crippen molar-refractivity contribution < 1.29 is 23.7 Å². The van der Waals surface area contributed by atoms with Gasteiger partial charge in [0.25, 0.3) is 0 Å². The van der Waals surface area contributed by atoms with Crippen molar-refractivity contribution in [3.8, 4) is 0 Å². The molecule has 6 heteroatoms. The highest BCUT2D eigenvalue weighted by Gasteiger charge is 2.48. The molecule has 158 valence electrons. The second kappa shape index (κ2) is 12.0. The number of hydrogen-bond donors (Lipinski definition) is 0. The van der Waals surface area contributed by atoms with Crippen LogP contribution in [0, 0.1) is 0 Å². The molecule has 0 saturated carbocycles. The zero-order valence-electron chi connectivity index (χ0n) is 16.9. The number of halogens is 1. The molecule has 3 rings (SSSR count). The Morgan fingerprint density at radius 2 is 1.34 bits per heavy atom. The normalized spacial score (nSPS) is 27.1. The zero-order valence-corrected chi connectivity index (χ0v) is 19.1. The molecule has 1 unspecified atom stereocenters. The van der Waals surface area contributed by atoms with E-state index in [0.717, 1.165) is 15.6 Å². The van der Waals surface area contributed by atoms with Gasteiger partial charge in [-0.05, 0) is 18.1 Å². The molecule has 0 bridgehead atoms. The third-order valence-corrected chi connectivity index (χ3v) is 5.77. The number of rotatable bonds is 10. The summed E-state index contributed by atoms with van der Waals surface area (Å²) in [6, 6.07) is 20.2. The molecule has 1 saturated heterocycles. The highest BCUT2D eigenvalue weighted by molar-refractivity contribution is 14.1. The van der Waals surface area contributed by atoms with Gasteiger partial charge in [-0.1, -0.05) is 83.3 Å². The van der Waals surface area contributed by atoms with E-state index >= 15 is 0 Å². The van der Waals surface area contributed by atoms with Gasteiger partial charge in [-0.15, -0.1) is 0 Å². The maximum Gasteiger partial charge on any atom is 0.186 e. The van der Waals surface area contributed by atoms with Crippen molar-refractivity contribution in [2.24, 2.45) is 0 Å². The fraction of sp³-hybridized carbons (Fsp3) is 0.478. The lowest BCUT2D eigenvalue weighted by Gasteiger charge is -2.45. The van der Waals surface area contributed by atoms with Gasteiger partial charge >= 0.3 is 0 Å². The van der Waals surface area contributed by atoms with Gasteiger partial charge in [-0.25, -0.2) is 0 Å². The van der Waals surface area contributed by atoms with E-state index in [0.29, 0.717) is 19.8 Å². The SMILES string of the molecule is CCO[C@@H]1C(CI)O[C@H](OC)[C@H](OCc2ccccc2)[C@H]1OCc1ccccc1. The molecular formula is C23H29IO5. The summed E-state index contributed by atoms with van der Waals surface area (Å²) < 4.78 is 31.3. The maximum absolute atomic E-state index is 6.39. The summed E-state index contributed by atoms with van der Waals surface area (Å²) in [4.78, 5) is 0. The van der Waals surface area contributed by atoms with Gasteiger partial charge in [-0.3, -0.25) is 0 Å². The Morgan fingerprint density at radius 3 is 1.83 bits per heavy atom. The zero-order chi connectivity index (χ0) is 20.5. The lowest BCUT2D eigenvalue weighted by Crippen LogP contribution is -2.61. The van der Waals surface area contributed by atoms with Crippen molar-refractivity contribution in [2.45, 2.75) is 50.8 Å². The summed E-state index contributed by atoms with van der Waals surface area (Å²) in [6.45, 7) is 3.49. The molecule has 2 aromatic rings. The topological polar surface area (TPSA) is 46.2 Å². The lowest BCUT2D eigenvalue weighted by atomic mass is 9.98. The van der Waals surface area contributed by atoms with Crippen molar-refractivity contribution in [1.82, 2.24) is 0 Å². The third-order valence-electron chi connectivity index (χ3n) is 4.91. The van der Waals surface area contributed by atoms with Gasteiger partial charge in [0, 0.05) is 18.1 Å². The Balaban J connectivity index is 1.79. The first kappa shape index (κ1) is 22.7. The third kappa shape index (κ3) is 6.23. The number of benzene rings is 2. The molecule has 0 spiro atoms. The van der Waals surface area contributed by atoms with E-state index in [-0.39, 0.29) is 18.3 Å². The Kier molecular flexibility index (Phi) is 9.36. The standard InChI is InChI=1S/C23H29IO5/c1-3-26-20-19(14-24)29-23(25-2)22(28-16-18-12-8-5-9-13-18)21(20)27-15-17-10-6-4-7-11-17/h4-13,19-23H,3,14-16H2,1-2H3/t19?,20-,21+,22-,23+/m1/s1. The molecule has 0 aliphatic carbocycles. The molecular weight excluding hydrogens is 483 g/mol. The van der Waals surface area contributed by atoms with Gasteiger partial charge in [0.15, 0.2) is 6.29 Å². The van der Waals surface area contributed by atoms with Crippen molar-refractivity contribution in [2.75, 3.05) is 18.1 Å². The molecule has 0 radical (unpaired) electrons. The molecule has 5 atom stereocenters. The highest BCUT2D eigenvalue weighted by Crippen LogP contribution is 2.31. The largest absolute Gasteiger partial charge is 0.373 e. The first-order valence-electron chi connectivity index (χ1n) is 9.93. The summed E-state index contributed by atoms with van der Waals surface area (Å²) >= 11 is 2.32. The van der Waals surface area contributed by atoms with Crippen LogP contribution in [0.3, 0.4) is 0 Å². The first-order valence-corrected chi connectivity index (χ1v) is 11.5. The Hall–Kier alpha value is -1.03. The summed E-state index contributed by atoms with van der Waals surface area (Å²) in [5.74, 6) is 0. The highest BCUT2D eigenvalue weighted by atomic mass is 127. The van der Waals surface area contributed by atoms with Gasteiger partial charge in [0.05, 0.1) is 19.3 Å². The predicted molar refractivity (Wildman–Crippen MR) is 120 cm³/mol. The van der Waals surface area contributed by atoms with Crippen molar-refractivity contribution in [3.05, 3.63) is 71.8 Å². The van der Waals surface area contributed by atoms with Crippen LogP contribution in [-0.4, -0.2) is 48.9 Å². The van der Waals surface area contributed by atoms with E-state index in [1.54, 1.807) is 7.11 Å². The van der Waals surface area contributed by atoms with Gasteiger partial charge in [0.2, 0.25) is 0 Å². The Bertz CT molecular complexity index is 699. The minimum atomic E-state index is -0.518. The fourth-order valence-corrected chi connectivity index (χ4v) is 4.19. The predicted octanol–water partition coefficient (Wildman–Crippen LogP) is 4.37. The molecule has 1 fully saturated rings. The summed E-state index contributed by atoms with van der Waals surface area (Å²) in [5, 5.41) is 0. The molecule has 1 aliphatic rings. The number of methoxy groups -OCH3 is 1. The average Bonchev–Trinajstić information content (AvgIpc) is 2.78. The molecule has 29 heavy (non-hydrogen) atoms. The van der Waals surface area contributed by atoms with Crippen LogP contribution >= 0.6 is 22.6 Å². The molecule has 0 amide bonds. The number of ether oxygens (including phenoxy) is 5. The van der Waals surface area contributed by atoms with Gasteiger partial charge in [0.1, 0.15) is 18.3 Å². The van der Waals surface area contributed by atoms with Crippen LogP contribution in [0.15, 0.2) is 60.7 Å². The van der Waals surface area contributed by atoms with Crippen LogP contribution in [0.25, 0.3) is 0 Å². The lowest BCUT2D eigenvalue weighted by molar-refractivity contribution is -0.311. The van der Waals surface area contributed by atoms with Crippen molar-refractivity contribution >= 4 is 22.6 Å². The van der Waals surface area contributed by atoms with Crippen LogP contribution in [-0.2, 0) is 36.9 Å². The second-order valence-electron chi connectivity index (χ2n) is 6.88. The molecule has 0 aromatic heterocycles. The van der Waals surface area contributed by atoms with E-state index in [1.807, 2.05) is 55.5 Å². The molecule has 1 aliphatic heterocycles. The summed E-state index contributed by atoms with van der Waals surface area (Å²) in [7, 11) is 1.64. The van der Waals surface area contributed by atoms with Gasteiger partial charge in [-0.2, -0.15) is 0 Å². The van der Waals surface area contributed by atoms with Gasteiger partial charge < -0.3 is 23.7 Å². The van der Waals surface area contributed by atoms with Crippen LogP contribution in [0.2, 0.25) is 0 Å². The second-order valence-corrected chi connectivity index (χ2v) is 7.76. The van der Waals surface area contributed by atoms with E-state index in [2.05, 4.69) is 34.7 Å². The molecule has 0 N–H and O–H groups in total. The Morgan fingerprint density at radius 1 is 0.793 bits per heavy atom. The molecule has 5 nitrogen and oxygen atoms in total. The average molecular weight is 512 g/mol. The van der Waals surface area contributed by atoms with Crippen LogP contribution in [0.4, 0.5) is 0 Å². The summed E-state index contributed by atoms with van der Waals surface area (Å²) in [6.07, 6.45) is -1.58. The Labute approximate surface area is 186 Å². The van der Waals surface area contributed by atoms with E-state index < -0.39 is 12.4 Å². The quantitative estimate of drug-likeness (QED) is 0.350. The van der Waals surface area contributed by atoms with E-state index in [4.69, 9.17) is 23.7 Å². The van der Waals surface area contributed by atoms with E-state index in [9.17, 15) is 0 Å². The van der Waals surface area contributed by atoms with Crippen molar-refractivity contribution in [1.29, 1.82) is 0 Å². The van der Waals surface area contributed by atoms with Crippen LogP contribution < -0.4 is 0 Å². The van der Waals surface area contributed by atoms with E-state index in [1.165, 1.54) is 0 Å². The smallest absolute Gasteiger partial charge is 0.186 e. The fourth-order valence-electron chi connectivity index (χ4n) is 3.49. The van der Waals surface area contributed by atoms with Crippen LogP contribution in [0.5, 0.6) is 0 Å². The maximum atomic E-state index is 6.39. The monoisotopic (exact) mass is 512 g/mol. The minimum absolute atomic E-state index is 0.127. The number of hydrogen-bond acceptors (Lipinski definition) is 5. The minimum Gasteiger partial charge on any atom is -0.373 e. The first-order chi connectivity index (χ1) is 14.3. The number of alkyl halides is 1. The molecule has 2 aromatic carbocycles. The van der Waals surface area contributed by atoms with Crippen molar-refractivity contribution in [3.63, 3.8) is 0 Å². The summed E-state index contributed by atoms with van der Waals surface area (Å²) in [5.41, 5.74) is 2.20. The molecule has 1 heterocycles. The van der Waals surface area contributed by atoms with Crippen LogP contribution in [0.1, 0.15) is 18.1 Å².